The van der Waals surface area contributed by atoms with Gasteiger partial charge in [-0.1, -0.05) is 11.6 Å². The van der Waals surface area contributed by atoms with Gasteiger partial charge in [-0.3, -0.25) is 10.1 Å². The average molecular weight is 344 g/mol. The van der Waals surface area contributed by atoms with E-state index in [1.165, 1.54) is 19.2 Å². The van der Waals surface area contributed by atoms with Crippen LogP contribution >= 0.6 is 11.6 Å². The zero-order chi connectivity index (χ0) is 16.8. The van der Waals surface area contributed by atoms with Gasteiger partial charge in [0.25, 0.3) is 5.69 Å². The molecule has 1 aromatic rings. The van der Waals surface area contributed by atoms with Crippen molar-refractivity contribution in [1.82, 2.24) is 9.80 Å². The minimum atomic E-state index is -0.529. The van der Waals surface area contributed by atoms with Crippen LogP contribution in [0.25, 0.3) is 0 Å². The molecule has 0 spiro atoms. The van der Waals surface area contributed by atoms with E-state index in [1.807, 2.05) is 0 Å². The van der Waals surface area contributed by atoms with Crippen molar-refractivity contribution in [2.24, 2.45) is 0 Å². The number of halogens is 1. The van der Waals surface area contributed by atoms with Crippen LogP contribution in [0.3, 0.4) is 0 Å². The number of nitro benzene ring substituents is 1. The first kappa shape index (κ1) is 17.8. The van der Waals surface area contributed by atoms with E-state index in [1.54, 1.807) is 0 Å². The van der Waals surface area contributed by atoms with Gasteiger partial charge in [-0.05, 0) is 13.5 Å². The molecule has 1 fully saturated rings. The maximum atomic E-state index is 11.0. The molecule has 2 rings (SSSR count). The molecular formula is C15H22ClN3O4. The van der Waals surface area contributed by atoms with Gasteiger partial charge in [-0.25, -0.2) is 0 Å². The third-order valence-electron chi connectivity index (χ3n) is 3.90. The second-order valence-corrected chi connectivity index (χ2v) is 5.97. The Balaban J connectivity index is 1.87. The fourth-order valence-electron chi connectivity index (χ4n) is 2.48. The lowest BCUT2D eigenvalue weighted by molar-refractivity contribution is -0.384. The van der Waals surface area contributed by atoms with Crippen LogP contribution in [0.15, 0.2) is 12.1 Å². The SMILES string of the molecule is COc1cc(Cl)c([N+](=O)[O-])cc1OCCCN1CCN(C)CC1. The highest BCUT2D eigenvalue weighted by atomic mass is 35.5. The van der Waals surface area contributed by atoms with Crippen molar-refractivity contribution < 1.29 is 14.4 Å². The molecule has 0 bridgehead atoms. The number of hydrogen-bond acceptors (Lipinski definition) is 6. The van der Waals surface area contributed by atoms with Crippen LogP contribution in [0.5, 0.6) is 11.5 Å². The molecule has 0 unspecified atom stereocenters. The highest BCUT2D eigenvalue weighted by molar-refractivity contribution is 6.32. The molecular weight excluding hydrogens is 322 g/mol. The number of nitrogens with zero attached hydrogens (tertiary/aromatic N) is 3. The molecule has 0 aliphatic carbocycles. The maximum absolute atomic E-state index is 11.0. The largest absolute Gasteiger partial charge is 0.493 e. The molecule has 1 aliphatic rings. The second-order valence-electron chi connectivity index (χ2n) is 5.56. The summed E-state index contributed by atoms with van der Waals surface area (Å²) < 4.78 is 10.8. The van der Waals surface area contributed by atoms with Crippen molar-refractivity contribution in [2.45, 2.75) is 6.42 Å². The molecule has 8 heteroatoms. The van der Waals surface area contributed by atoms with E-state index in [9.17, 15) is 10.1 Å². The van der Waals surface area contributed by atoms with Gasteiger partial charge in [-0.15, -0.1) is 0 Å². The van der Waals surface area contributed by atoms with Crippen molar-refractivity contribution in [3.05, 3.63) is 27.3 Å². The standard InChI is InChI=1S/C15H22ClN3O4/c1-17-5-7-18(8-6-17)4-3-9-23-15-11-13(19(20)21)12(16)10-14(15)22-2/h10-11H,3-9H2,1-2H3. The molecule has 0 amide bonds. The Hall–Kier alpha value is -1.57. The maximum Gasteiger partial charge on any atom is 0.291 e. The average Bonchev–Trinajstić information content (AvgIpc) is 2.53. The first-order chi connectivity index (χ1) is 11.0. The van der Waals surface area contributed by atoms with Crippen molar-refractivity contribution in [2.75, 3.05) is 53.5 Å². The number of hydrogen-bond donors (Lipinski definition) is 0. The van der Waals surface area contributed by atoms with Crippen LogP contribution in [0, 0.1) is 10.1 Å². The van der Waals surface area contributed by atoms with Crippen LogP contribution in [0.1, 0.15) is 6.42 Å². The summed E-state index contributed by atoms with van der Waals surface area (Å²) in [6, 6.07) is 2.73. The predicted octanol–water partition coefficient (Wildman–Crippen LogP) is 2.27. The smallest absolute Gasteiger partial charge is 0.291 e. The molecule has 23 heavy (non-hydrogen) atoms. The van der Waals surface area contributed by atoms with Gasteiger partial charge >= 0.3 is 0 Å². The fourth-order valence-corrected chi connectivity index (χ4v) is 2.70. The van der Waals surface area contributed by atoms with Gasteiger partial charge in [0.2, 0.25) is 0 Å². The van der Waals surface area contributed by atoms with Crippen LogP contribution in [0.4, 0.5) is 5.69 Å². The Kier molecular flexibility index (Phi) is 6.44. The van der Waals surface area contributed by atoms with E-state index >= 15 is 0 Å². The zero-order valence-corrected chi connectivity index (χ0v) is 14.2. The zero-order valence-electron chi connectivity index (χ0n) is 13.5. The number of rotatable bonds is 7. The number of methoxy groups -OCH3 is 1. The van der Waals surface area contributed by atoms with Crippen molar-refractivity contribution in [1.29, 1.82) is 0 Å². The van der Waals surface area contributed by atoms with Gasteiger partial charge in [0.15, 0.2) is 11.5 Å². The molecule has 1 heterocycles. The summed E-state index contributed by atoms with van der Waals surface area (Å²) in [7, 11) is 3.61. The number of ether oxygens (including phenoxy) is 2. The van der Waals surface area contributed by atoms with Gasteiger partial charge < -0.3 is 19.3 Å². The lowest BCUT2D eigenvalue weighted by Gasteiger charge is -2.32. The number of likely N-dealkylation sites (N-methyl/N-ethyl adjacent to an activating group) is 1. The molecule has 0 atom stereocenters. The third-order valence-corrected chi connectivity index (χ3v) is 4.20. The number of benzene rings is 1. The Morgan fingerprint density at radius 1 is 1.26 bits per heavy atom. The Morgan fingerprint density at radius 2 is 1.96 bits per heavy atom. The van der Waals surface area contributed by atoms with Gasteiger partial charge in [-0.2, -0.15) is 0 Å². The Labute approximate surface area is 140 Å². The van der Waals surface area contributed by atoms with Crippen molar-refractivity contribution in [3.63, 3.8) is 0 Å². The minimum absolute atomic E-state index is 0.0386. The molecule has 1 saturated heterocycles. The Bertz CT molecular complexity index is 548. The second kappa shape index (κ2) is 8.33. The van der Waals surface area contributed by atoms with Gasteiger partial charge in [0.1, 0.15) is 5.02 Å². The first-order valence-electron chi connectivity index (χ1n) is 7.57. The lowest BCUT2D eigenvalue weighted by atomic mass is 10.2. The number of piperazine rings is 1. The summed E-state index contributed by atoms with van der Waals surface area (Å²) in [6.07, 6.45) is 0.850. The van der Waals surface area contributed by atoms with Crippen LogP contribution in [-0.4, -0.2) is 68.2 Å². The van der Waals surface area contributed by atoms with E-state index in [0.717, 1.165) is 39.1 Å². The fraction of sp³-hybridized carbons (Fsp3) is 0.600. The molecule has 7 nitrogen and oxygen atoms in total. The highest BCUT2D eigenvalue weighted by Crippen LogP contribution is 2.37. The summed E-state index contributed by atoms with van der Waals surface area (Å²) in [5.41, 5.74) is -0.179. The molecule has 0 N–H and O–H groups in total. The summed E-state index contributed by atoms with van der Waals surface area (Å²) in [4.78, 5) is 15.1. The Morgan fingerprint density at radius 3 is 2.57 bits per heavy atom. The van der Waals surface area contributed by atoms with E-state index in [4.69, 9.17) is 21.1 Å². The minimum Gasteiger partial charge on any atom is -0.493 e. The highest BCUT2D eigenvalue weighted by Gasteiger charge is 2.19. The van der Waals surface area contributed by atoms with E-state index in [-0.39, 0.29) is 10.7 Å². The van der Waals surface area contributed by atoms with E-state index in [0.29, 0.717) is 18.1 Å². The third kappa shape index (κ3) is 4.95. The summed E-state index contributed by atoms with van der Waals surface area (Å²) in [5, 5.41) is 11.0. The lowest BCUT2D eigenvalue weighted by Crippen LogP contribution is -2.44. The molecule has 0 saturated carbocycles. The molecule has 128 valence electrons. The molecule has 0 aromatic heterocycles. The monoisotopic (exact) mass is 343 g/mol. The quantitative estimate of drug-likeness (QED) is 0.430. The molecule has 1 aromatic carbocycles. The van der Waals surface area contributed by atoms with Crippen LogP contribution in [-0.2, 0) is 0 Å². The number of nitro groups is 1. The van der Waals surface area contributed by atoms with E-state index < -0.39 is 4.92 Å². The predicted molar refractivity (Wildman–Crippen MR) is 88.7 cm³/mol. The van der Waals surface area contributed by atoms with Crippen LogP contribution in [0.2, 0.25) is 5.02 Å². The summed E-state index contributed by atoms with van der Waals surface area (Å²) in [5.74, 6) is 0.752. The van der Waals surface area contributed by atoms with Gasteiger partial charge in [0.05, 0.1) is 24.7 Å². The summed E-state index contributed by atoms with van der Waals surface area (Å²) >= 11 is 5.86. The topological polar surface area (TPSA) is 68.1 Å². The van der Waals surface area contributed by atoms with Crippen molar-refractivity contribution in [3.8, 4) is 11.5 Å². The van der Waals surface area contributed by atoms with E-state index in [2.05, 4.69) is 16.8 Å². The summed E-state index contributed by atoms with van der Waals surface area (Å²) in [6.45, 7) is 5.71. The molecule has 1 aliphatic heterocycles. The molecule has 0 radical (unpaired) electrons. The van der Waals surface area contributed by atoms with Gasteiger partial charge in [0, 0.05) is 38.8 Å². The van der Waals surface area contributed by atoms with Crippen LogP contribution < -0.4 is 9.47 Å². The normalized spacial score (nSPS) is 16.3. The van der Waals surface area contributed by atoms with Crippen molar-refractivity contribution >= 4 is 17.3 Å². The first-order valence-corrected chi connectivity index (χ1v) is 7.94.